The summed E-state index contributed by atoms with van der Waals surface area (Å²) in [7, 11) is -4.03. The highest BCUT2D eigenvalue weighted by Crippen LogP contribution is 2.23. The minimum atomic E-state index is -4.03. The second-order valence-electron chi connectivity index (χ2n) is 5.67. The van der Waals surface area contributed by atoms with Crippen molar-refractivity contribution in [1.82, 2.24) is 4.72 Å². The van der Waals surface area contributed by atoms with Crippen LogP contribution in [0.25, 0.3) is 0 Å². The van der Waals surface area contributed by atoms with Gasteiger partial charge in [-0.1, -0.05) is 20.8 Å². The molecule has 20 heavy (non-hydrogen) atoms. The Morgan fingerprint density at radius 1 is 1.35 bits per heavy atom. The highest BCUT2D eigenvalue weighted by Gasteiger charge is 2.35. The maximum atomic E-state index is 13.0. The Bertz CT molecular complexity index is 620. The van der Waals surface area contributed by atoms with Crippen molar-refractivity contribution in [2.24, 2.45) is 5.41 Å². The highest BCUT2D eigenvalue weighted by atomic mass is 32.2. The third-order valence-electron chi connectivity index (χ3n) is 2.81. The fourth-order valence-corrected chi connectivity index (χ4v) is 3.35. The summed E-state index contributed by atoms with van der Waals surface area (Å²) in [6, 6.07) is 1.95. The topological polar surface area (TPSA) is 83.5 Å². The Hall–Kier alpha value is -1.47. The van der Waals surface area contributed by atoms with Gasteiger partial charge in [0, 0.05) is 0 Å². The molecule has 1 atom stereocenters. The predicted octanol–water partition coefficient (Wildman–Crippen LogP) is 1.91. The van der Waals surface area contributed by atoms with Gasteiger partial charge >= 0.3 is 5.97 Å². The van der Waals surface area contributed by atoms with Gasteiger partial charge in [-0.25, -0.2) is 12.8 Å². The molecule has 0 saturated heterocycles. The summed E-state index contributed by atoms with van der Waals surface area (Å²) < 4.78 is 39.6. The summed E-state index contributed by atoms with van der Waals surface area (Å²) in [5, 5.41) is 9.15. The number of hydrogen-bond donors (Lipinski definition) is 2. The third-order valence-corrected chi connectivity index (χ3v) is 4.40. The maximum absolute atomic E-state index is 13.0. The van der Waals surface area contributed by atoms with Gasteiger partial charge in [0.05, 0.1) is 4.90 Å². The smallest absolute Gasteiger partial charge is 0.322 e. The summed E-state index contributed by atoms with van der Waals surface area (Å²) in [5.41, 5.74) is -0.581. The molecule has 0 heterocycles. The number of nitrogens with one attached hydrogen (secondary N) is 1. The normalized spacial score (nSPS) is 14.1. The summed E-state index contributed by atoms with van der Waals surface area (Å²) in [6.07, 6.45) is 0. The Balaban J connectivity index is 3.20. The van der Waals surface area contributed by atoms with Gasteiger partial charge in [-0.2, -0.15) is 4.72 Å². The molecule has 7 heteroatoms. The molecule has 0 aliphatic carbocycles. The predicted molar refractivity (Wildman–Crippen MR) is 72.3 cm³/mol. The molecule has 0 aliphatic rings. The zero-order valence-corrected chi connectivity index (χ0v) is 12.6. The van der Waals surface area contributed by atoms with Gasteiger partial charge in [0.1, 0.15) is 11.9 Å². The molecule has 2 N–H and O–H groups in total. The molecule has 112 valence electrons. The summed E-state index contributed by atoms with van der Waals surface area (Å²) in [6.45, 7) is 6.30. The number of carbonyl (C=O) groups is 1. The minimum Gasteiger partial charge on any atom is -0.480 e. The van der Waals surface area contributed by atoms with E-state index >= 15 is 0 Å². The number of rotatable bonds is 4. The van der Waals surface area contributed by atoms with E-state index in [4.69, 9.17) is 5.11 Å². The molecule has 0 aliphatic heterocycles. The molecule has 0 unspecified atom stereocenters. The Morgan fingerprint density at radius 3 is 2.30 bits per heavy atom. The van der Waals surface area contributed by atoms with E-state index in [9.17, 15) is 17.6 Å². The fourth-order valence-electron chi connectivity index (χ4n) is 1.73. The molecule has 1 rings (SSSR count). The monoisotopic (exact) mass is 303 g/mol. The van der Waals surface area contributed by atoms with Crippen LogP contribution in [0.15, 0.2) is 23.1 Å². The lowest BCUT2D eigenvalue weighted by molar-refractivity contribution is -0.141. The second kappa shape index (κ2) is 5.49. The molecule has 0 fully saturated rings. The van der Waals surface area contributed by atoms with Gasteiger partial charge in [-0.3, -0.25) is 4.79 Å². The molecule has 0 spiro atoms. The van der Waals surface area contributed by atoms with Gasteiger partial charge in [-0.15, -0.1) is 0 Å². The molecule has 0 radical (unpaired) electrons. The lowest BCUT2D eigenvalue weighted by Gasteiger charge is -2.27. The van der Waals surface area contributed by atoms with Crippen LogP contribution in [0.3, 0.4) is 0 Å². The number of carboxylic acids is 1. The first-order chi connectivity index (χ1) is 8.95. The van der Waals surface area contributed by atoms with E-state index in [0.29, 0.717) is 0 Å². The highest BCUT2D eigenvalue weighted by molar-refractivity contribution is 7.89. The van der Waals surface area contributed by atoms with E-state index in [1.165, 1.54) is 6.92 Å². The van der Waals surface area contributed by atoms with Crippen LogP contribution in [0, 0.1) is 18.2 Å². The number of hydrogen-bond acceptors (Lipinski definition) is 3. The standard InChI is InChI=1S/C13H18FNO4S/c1-8-7-9(14)5-6-10(8)20(18,19)15-11(12(16)17)13(2,3)4/h5-7,11,15H,1-4H3,(H,16,17)/t11-/m1/s1. The van der Waals surface area contributed by atoms with E-state index in [0.717, 1.165) is 18.2 Å². The first-order valence-corrected chi connectivity index (χ1v) is 7.45. The Labute approximate surface area is 117 Å². The van der Waals surface area contributed by atoms with Crippen molar-refractivity contribution >= 4 is 16.0 Å². The zero-order valence-electron chi connectivity index (χ0n) is 11.8. The van der Waals surface area contributed by atoms with Crippen LogP contribution in [-0.2, 0) is 14.8 Å². The zero-order chi connectivity index (χ0) is 15.7. The van der Waals surface area contributed by atoms with Crippen LogP contribution < -0.4 is 4.72 Å². The molecule has 5 nitrogen and oxygen atoms in total. The van der Waals surface area contributed by atoms with Crippen LogP contribution in [-0.4, -0.2) is 25.5 Å². The van der Waals surface area contributed by atoms with E-state index in [1.54, 1.807) is 20.8 Å². The fraction of sp³-hybridized carbons (Fsp3) is 0.462. The van der Waals surface area contributed by atoms with Crippen molar-refractivity contribution in [3.63, 3.8) is 0 Å². The SMILES string of the molecule is Cc1cc(F)ccc1S(=O)(=O)N[C@H](C(=O)O)C(C)(C)C. The number of aryl methyl sites for hydroxylation is 1. The lowest BCUT2D eigenvalue weighted by Crippen LogP contribution is -2.49. The molecule has 0 bridgehead atoms. The summed E-state index contributed by atoms with van der Waals surface area (Å²) in [4.78, 5) is 11.1. The number of benzene rings is 1. The van der Waals surface area contributed by atoms with E-state index in [-0.39, 0.29) is 10.5 Å². The molecule has 0 amide bonds. The minimum absolute atomic E-state index is 0.130. The van der Waals surface area contributed by atoms with Gasteiger partial charge in [0.15, 0.2) is 0 Å². The molecule has 1 aromatic rings. The maximum Gasteiger partial charge on any atom is 0.322 e. The van der Waals surface area contributed by atoms with Crippen LogP contribution in [0.4, 0.5) is 4.39 Å². The van der Waals surface area contributed by atoms with Crippen molar-refractivity contribution in [3.05, 3.63) is 29.6 Å². The van der Waals surface area contributed by atoms with Gasteiger partial charge < -0.3 is 5.11 Å². The average Bonchev–Trinajstić information content (AvgIpc) is 2.23. The van der Waals surface area contributed by atoms with Crippen molar-refractivity contribution in [3.8, 4) is 0 Å². The van der Waals surface area contributed by atoms with E-state index < -0.39 is 33.3 Å². The first-order valence-electron chi connectivity index (χ1n) is 5.96. The Morgan fingerprint density at radius 2 is 1.90 bits per heavy atom. The third kappa shape index (κ3) is 3.77. The van der Waals surface area contributed by atoms with Crippen LogP contribution >= 0.6 is 0 Å². The Kier molecular flexibility index (Phi) is 4.55. The van der Waals surface area contributed by atoms with Crippen LogP contribution in [0.2, 0.25) is 0 Å². The van der Waals surface area contributed by atoms with Gasteiger partial charge in [-0.05, 0) is 36.1 Å². The number of halogens is 1. The van der Waals surface area contributed by atoms with Gasteiger partial charge in [0.2, 0.25) is 10.0 Å². The second-order valence-corrected chi connectivity index (χ2v) is 7.35. The first kappa shape index (κ1) is 16.6. The van der Waals surface area contributed by atoms with Crippen molar-refractivity contribution in [2.75, 3.05) is 0 Å². The van der Waals surface area contributed by atoms with E-state index in [2.05, 4.69) is 4.72 Å². The molecular weight excluding hydrogens is 285 g/mol. The lowest BCUT2D eigenvalue weighted by atomic mass is 9.88. The van der Waals surface area contributed by atoms with Gasteiger partial charge in [0.25, 0.3) is 0 Å². The summed E-state index contributed by atoms with van der Waals surface area (Å²) in [5.74, 6) is -1.81. The van der Waals surface area contributed by atoms with Crippen LogP contribution in [0.5, 0.6) is 0 Å². The quantitative estimate of drug-likeness (QED) is 0.890. The van der Waals surface area contributed by atoms with Crippen molar-refractivity contribution in [1.29, 1.82) is 0 Å². The molecule has 0 aromatic heterocycles. The summed E-state index contributed by atoms with van der Waals surface area (Å²) >= 11 is 0. The number of aliphatic carboxylic acids is 1. The van der Waals surface area contributed by atoms with Crippen LogP contribution in [0.1, 0.15) is 26.3 Å². The van der Waals surface area contributed by atoms with Crippen molar-refractivity contribution < 1.29 is 22.7 Å². The molecule has 0 saturated carbocycles. The number of carboxylic acid groups (broad SMARTS) is 1. The molecule has 1 aromatic carbocycles. The largest absolute Gasteiger partial charge is 0.480 e. The molecular formula is C13H18FNO4S. The number of sulfonamides is 1. The van der Waals surface area contributed by atoms with Crippen molar-refractivity contribution in [2.45, 2.75) is 38.6 Å². The van der Waals surface area contributed by atoms with E-state index in [1.807, 2.05) is 0 Å². The average molecular weight is 303 g/mol.